The molecular weight excluding hydrogens is 538 g/mol. The molecule has 0 aromatic heterocycles. The third kappa shape index (κ3) is 5.59. The predicted octanol–water partition coefficient (Wildman–Crippen LogP) is 6.79. The molecule has 30 heavy (non-hydrogen) atoms. The molecule has 156 valence electrons. The Balaban J connectivity index is 1.87. The summed E-state index contributed by atoms with van der Waals surface area (Å²) in [6.07, 6.45) is 1.40. The summed E-state index contributed by atoms with van der Waals surface area (Å²) < 4.78 is 9.89. The molecule has 0 spiro atoms. The number of rotatable bonds is 7. The highest BCUT2D eigenvalue weighted by molar-refractivity contribution is 14.1. The van der Waals surface area contributed by atoms with Crippen LogP contribution in [0.3, 0.4) is 0 Å². The number of aromatic hydroxyl groups is 1. The van der Waals surface area contributed by atoms with Crippen molar-refractivity contribution in [3.63, 3.8) is 0 Å². The van der Waals surface area contributed by atoms with Crippen LogP contribution in [0.25, 0.3) is 11.1 Å². The molecule has 0 heterocycles. The fraction of sp³-hybridized carbons (Fsp3) is 0.174. The number of halogens is 3. The lowest BCUT2D eigenvalue weighted by Gasteiger charge is -2.13. The smallest absolute Gasteiger partial charge is 0.353 e. The first-order chi connectivity index (χ1) is 14.4. The van der Waals surface area contributed by atoms with Crippen molar-refractivity contribution in [2.24, 2.45) is 0 Å². The molecule has 3 aromatic rings. The number of phenolic OH excluding ortho intramolecular Hbond substituents is 1. The minimum atomic E-state index is -0.504. The Bertz CT molecular complexity index is 1050. The second-order valence-electron chi connectivity index (χ2n) is 6.69. The molecule has 0 unspecified atom stereocenters. The van der Waals surface area contributed by atoms with Gasteiger partial charge in [-0.1, -0.05) is 60.5 Å². The fourth-order valence-corrected chi connectivity index (χ4v) is 3.81. The lowest BCUT2D eigenvalue weighted by atomic mass is 9.96. The van der Waals surface area contributed by atoms with Crippen LogP contribution in [0.15, 0.2) is 54.6 Å². The molecule has 7 heteroatoms. The summed E-state index contributed by atoms with van der Waals surface area (Å²) in [4.78, 5) is 11.2. The predicted molar refractivity (Wildman–Crippen MR) is 128 cm³/mol. The van der Waals surface area contributed by atoms with Crippen molar-refractivity contribution in [2.75, 3.05) is 6.61 Å². The van der Waals surface area contributed by atoms with Crippen molar-refractivity contribution < 1.29 is 17.7 Å². The van der Waals surface area contributed by atoms with Gasteiger partial charge in [-0.2, -0.15) is 0 Å². The Kier molecular flexibility index (Phi) is 7.86. The van der Waals surface area contributed by atoms with E-state index in [1.165, 1.54) is 28.6 Å². The van der Waals surface area contributed by atoms with Gasteiger partial charge in [0.25, 0.3) is 0 Å². The van der Waals surface area contributed by atoms with E-state index >= 15 is 0 Å². The number of benzene rings is 3. The van der Waals surface area contributed by atoms with Crippen LogP contribution in [0.5, 0.6) is 11.5 Å². The molecule has 4 nitrogen and oxygen atoms in total. The van der Waals surface area contributed by atoms with Crippen molar-refractivity contribution in [2.45, 2.75) is 19.8 Å². The van der Waals surface area contributed by atoms with E-state index in [2.05, 4.69) is 22.1 Å². The number of carbonyl (C=O) groups is 1. The van der Waals surface area contributed by atoms with Crippen LogP contribution in [-0.2, 0) is 20.7 Å². The average Bonchev–Trinajstić information content (AvgIpc) is 2.75. The number of carbonyl (C=O) groups excluding carboxylic acids is 1. The summed E-state index contributed by atoms with van der Waals surface area (Å²) in [5.41, 5.74) is 4.60. The van der Waals surface area contributed by atoms with Gasteiger partial charge in [-0.15, -0.1) is 0 Å². The van der Waals surface area contributed by atoms with Gasteiger partial charge >= 0.3 is 5.97 Å². The highest BCUT2D eigenvalue weighted by Gasteiger charge is 2.13. The molecule has 3 rings (SSSR count). The van der Waals surface area contributed by atoms with E-state index in [0.29, 0.717) is 22.2 Å². The second kappa shape index (κ2) is 10.4. The van der Waals surface area contributed by atoms with Crippen molar-refractivity contribution in [3.05, 3.63) is 81.3 Å². The number of hydrogen-bond donors (Lipinski definition) is 1. The zero-order valence-electron chi connectivity index (χ0n) is 16.1. The standard InChI is InChI=1S/C23H19Cl2IO4/c1-2-14-4-3-5-16(8-14)18-9-15(6-7-22(18)27)10-19-20(24)11-17(12-21(19)25)29-13-23(28)30-26/h3-9,11-12,27H,2,10,13H2,1H3. The molecule has 1 N–H and O–H groups in total. The molecule has 0 saturated carbocycles. The molecule has 0 bridgehead atoms. The van der Waals surface area contributed by atoms with Crippen LogP contribution in [0.1, 0.15) is 23.6 Å². The van der Waals surface area contributed by atoms with E-state index in [9.17, 15) is 9.90 Å². The van der Waals surface area contributed by atoms with Crippen molar-refractivity contribution >= 4 is 52.2 Å². The Labute approximate surface area is 199 Å². The van der Waals surface area contributed by atoms with Crippen molar-refractivity contribution in [3.8, 4) is 22.6 Å². The molecule has 0 aliphatic rings. The first kappa shape index (κ1) is 22.7. The Hall–Kier alpha value is -1.96. The van der Waals surface area contributed by atoms with E-state index in [1.807, 2.05) is 24.3 Å². The van der Waals surface area contributed by atoms with Gasteiger partial charge in [-0.25, -0.2) is 4.79 Å². The van der Waals surface area contributed by atoms with Gasteiger partial charge in [-0.3, -0.25) is 0 Å². The summed E-state index contributed by atoms with van der Waals surface area (Å²) in [5, 5.41) is 11.2. The van der Waals surface area contributed by atoms with E-state index in [0.717, 1.165) is 28.7 Å². The summed E-state index contributed by atoms with van der Waals surface area (Å²) >= 11 is 14.4. The van der Waals surface area contributed by atoms with Gasteiger partial charge in [0.15, 0.2) is 29.6 Å². The molecule has 0 atom stereocenters. The van der Waals surface area contributed by atoms with Crippen LogP contribution in [0.4, 0.5) is 0 Å². The quantitative estimate of drug-likeness (QED) is 0.325. The average molecular weight is 557 g/mol. The molecule has 0 aliphatic carbocycles. The number of phenols is 1. The van der Waals surface area contributed by atoms with Gasteiger partial charge in [0.05, 0.1) is 0 Å². The highest BCUT2D eigenvalue weighted by Crippen LogP contribution is 2.35. The Morgan fingerprint density at radius 1 is 1.03 bits per heavy atom. The van der Waals surface area contributed by atoms with E-state index < -0.39 is 5.97 Å². The number of ether oxygens (including phenoxy) is 1. The summed E-state index contributed by atoms with van der Waals surface area (Å²) in [5.74, 6) is 0.101. The van der Waals surface area contributed by atoms with Crippen LogP contribution in [0.2, 0.25) is 10.0 Å². The first-order valence-corrected chi connectivity index (χ1v) is 10.9. The number of aryl methyl sites for hydroxylation is 1. The first-order valence-electron chi connectivity index (χ1n) is 9.24. The normalized spacial score (nSPS) is 10.7. The van der Waals surface area contributed by atoms with Gasteiger partial charge < -0.3 is 12.9 Å². The third-order valence-corrected chi connectivity index (χ3v) is 5.81. The summed E-state index contributed by atoms with van der Waals surface area (Å²) in [7, 11) is 0. The minimum absolute atomic E-state index is 0.218. The van der Waals surface area contributed by atoms with Gasteiger partial charge in [-0.05, 0) is 52.9 Å². The maximum Gasteiger partial charge on any atom is 0.353 e. The summed E-state index contributed by atoms with van der Waals surface area (Å²) in [6, 6.07) is 16.8. The minimum Gasteiger partial charge on any atom is -0.507 e. The van der Waals surface area contributed by atoms with Crippen LogP contribution >= 0.6 is 46.2 Å². The van der Waals surface area contributed by atoms with Gasteiger partial charge in [0, 0.05) is 22.0 Å². The van der Waals surface area contributed by atoms with Crippen LogP contribution in [-0.4, -0.2) is 17.7 Å². The SMILES string of the molecule is CCc1cccc(-c2cc(Cc3c(Cl)cc(OCC(=O)OI)cc3Cl)ccc2O)c1. The Morgan fingerprint density at radius 2 is 1.77 bits per heavy atom. The number of hydrogen-bond acceptors (Lipinski definition) is 4. The topological polar surface area (TPSA) is 55.8 Å². The zero-order valence-corrected chi connectivity index (χ0v) is 19.8. The summed E-state index contributed by atoms with van der Waals surface area (Å²) in [6.45, 7) is 1.87. The molecule has 0 saturated heterocycles. The fourth-order valence-electron chi connectivity index (χ4n) is 3.08. The van der Waals surface area contributed by atoms with E-state index in [4.69, 9.17) is 27.9 Å². The Morgan fingerprint density at radius 3 is 2.43 bits per heavy atom. The monoisotopic (exact) mass is 556 g/mol. The maximum absolute atomic E-state index is 11.2. The van der Waals surface area contributed by atoms with Crippen molar-refractivity contribution in [1.29, 1.82) is 0 Å². The van der Waals surface area contributed by atoms with Crippen LogP contribution in [0, 0.1) is 0 Å². The third-order valence-electron chi connectivity index (χ3n) is 4.65. The molecule has 0 aliphatic heterocycles. The molecule has 3 aromatic carbocycles. The van der Waals surface area contributed by atoms with Crippen molar-refractivity contribution in [1.82, 2.24) is 0 Å². The molecular formula is C23H19Cl2IO4. The maximum atomic E-state index is 11.2. The molecule has 0 radical (unpaired) electrons. The molecule has 0 amide bonds. The zero-order chi connectivity index (χ0) is 21.7. The largest absolute Gasteiger partial charge is 0.507 e. The lowest BCUT2D eigenvalue weighted by Crippen LogP contribution is -2.10. The van der Waals surface area contributed by atoms with E-state index in [-0.39, 0.29) is 12.4 Å². The van der Waals surface area contributed by atoms with E-state index in [1.54, 1.807) is 18.2 Å². The molecule has 0 fully saturated rings. The highest BCUT2D eigenvalue weighted by atomic mass is 127. The van der Waals surface area contributed by atoms with Gasteiger partial charge in [0.2, 0.25) is 0 Å². The second-order valence-corrected chi connectivity index (χ2v) is 7.94. The lowest BCUT2D eigenvalue weighted by molar-refractivity contribution is -0.133. The van der Waals surface area contributed by atoms with Gasteiger partial charge in [0.1, 0.15) is 11.5 Å². The van der Waals surface area contributed by atoms with Crippen LogP contribution < -0.4 is 4.74 Å².